The number of rotatable bonds is 8. The highest BCUT2D eigenvalue weighted by molar-refractivity contribution is 14.0. The van der Waals surface area contributed by atoms with Crippen LogP contribution in [0.2, 0.25) is 0 Å². The Kier molecular flexibility index (Phi) is 10.0. The van der Waals surface area contributed by atoms with Gasteiger partial charge in [0.25, 0.3) is 0 Å². The summed E-state index contributed by atoms with van der Waals surface area (Å²) in [7, 11) is 0. The monoisotopic (exact) mass is 514 g/mol. The first kappa shape index (κ1) is 24.3. The second kappa shape index (κ2) is 12.0. The summed E-state index contributed by atoms with van der Waals surface area (Å²) in [4.78, 5) is 7.22. The zero-order valence-corrected chi connectivity index (χ0v) is 20.5. The predicted octanol–water partition coefficient (Wildman–Crippen LogP) is 4.15. The van der Waals surface area contributed by atoms with Crippen LogP contribution in [0.4, 0.5) is 5.69 Å². The van der Waals surface area contributed by atoms with Crippen LogP contribution in [0.15, 0.2) is 29.3 Å². The van der Waals surface area contributed by atoms with Crippen molar-refractivity contribution < 1.29 is 5.11 Å². The van der Waals surface area contributed by atoms with Crippen molar-refractivity contribution in [3.8, 4) is 0 Å². The van der Waals surface area contributed by atoms with Crippen molar-refractivity contribution in [1.29, 1.82) is 0 Å². The van der Waals surface area contributed by atoms with Gasteiger partial charge in [0.1, 0.15) is 0 Å². The summed E-state index contributed by atoms with van der Waals surface area (Å²) in [6, 6.07) is 8.82. The van der Waals surface area contributed by atoms with Crippen molar-refractivity contribution >= 4 is 35.6 Å². The molecule has 1 aromatic rings. The van der Waals surface area contributed by atoms with Gasteiger partial charge in [-0.1, -0.05) is 25.5 Å². The second-order valence-corrected chi connectivity index (χ2v) is 8.54. The van der Waals surface area contributed by atoms with Crippen molar-refractivity contribution in [2.45, 2.75) is 58.9 Å². The van der Waals surface area contributed by atoms with E-state index in [4.69, 9.17) is 4.99 Å². The summed E-state index contributed by atoms with van der Waals surface area (Å²) in [6.45, 7) is 9.43. The van der Waals surface area contributed by atoms with Crippen molar-refractivity contribution in [3.05, 3.63) is 29.8 Å². The highest BCUT2D eigenvalue weighted by Gasteiger charge is 2.34. The van der Waals surface area contributed by atoms with E-state index >= 15 is 0 Å². The van der Waals surface area contributed by atoms with Gasteiger partial charge in [0, 0.05) is 38.5 Å². The minimum Gasteiger partial charge on any atom is -0.396 e. The first-order valence-electron chi connectivity index (χ1n) is 11.1. The van der Waals surface area contributed by atoms with E-state index in [0.29, 0.717) is 24.5 Å². The van der Waals surface area contributed by atoms with Crippen LogP contribution in [0.25, 0.3) is 0 Å². The zero-order chi connectivity index (χ0) is 19.8. The molecule has 3 rings (SSSR count). The fraction of sp³-hybridized carbons (Fsp3) is 0.696. The van der Waals surface area contributed by atoms with Crippen LogP contribution in [0, 0.1) is 11.3 Å². The molecule has 0 aromatic heterocycles. The third kappa shape index (κ3) is 6.74. The number of aliphatic hydroxyl groups is 1. The van der Waals surface area contributed by atoms with Gasteiger partial charge in [-0.15, -0.1) is 24.0 Å². The van der Waals surface area contributed by atoms with Gasteiger partial charge in [0.2, 0.25) is 0 Å². The van der Waals surface area contributed by atoms with E-state index in [-0.39, 0.29) is 24.0 Å². The first-order chi connectivity index (χ1) is 13.7. The van der Waals surface area contributed by atoms with Gasteiger partial charge < -0.3 is 20.6 Å². The molecule has 0 amide bonds. The molecule has 1 aliphatic carbocycles. The summed E-state index contributed by atoms with van der Waals surface area (Å²) in [5, 5.41) is 16.2. The maximum absolute atomic E-state index is 9.30. The molecular formula is C23H39IN4O. The molecule has 0 bridgehead atoms. The minimum absolute atomic E-state index is 0. The zero-order valence-electron chi connectivity index (χ0n) is 18.1. The number of aliphatic imine (C=N–C) groups is 1. The van der Waals surface area contributed by atoms with E-state index in [2.05, 4.69) is 53.6 Å². The highest BCUT2D eigenvalue weighted by atomic mass is 127. The fourth-order valence-corrected chi connectivity index (χ4v) is 4.30. The van der Waals surface area contributed by atoms with Gasteiger partial charge in [-0.25, -0.2) is 4.99 Å². The lowest BCUT2D eigenvalue weighted by atomic mass is 9.67. The normalized spacial score (nSPS) is 19.3. The minimum atomic E-state index is 0. The lowest BCUT2D eigenvalue weighted by Crippen LogP contribution is -2.46. The smallest absolute Gasteiger partial charge is 0.191 e. The van der Waals surface area contributed by atoms with Crippen molar-refractivity contribution in [3.63, 3.8) is 0 Å². The van der Waals surface area contributed by atoms with E-state index in [1.807, 2.05) is 0 Å². The third-order valence-corrected chi connectivity index (χ3v) is 6.73. The molecule has 1 aliphatic heterocycles. The number of nitrogens with one attached hydrogen (secondary N) is 2. The molecule has 2 aliphatic rings. The maximum Gasteiger partial charge on any atom is 0.191 e. The molecule has 6 heteroatoms. The van der Waals surface area contributed by atoms with Crippen molar-refractivity contribution in [2.75, 3.05) is 37.7 Å². The number of guanidine groups is 1. The summed E-state index contributed by atoms with van der Waals surface area (Å²) >= 11 is 0. The molecule has 0 spiro atoms. The third-order valence-electron chi connectivity index (χ3n) is 6.73. The van der Waals surface area contributed by atoms with Crippen LogP contribution < -0.4 is 15.5 Å². The van der Waals surface area contributed by atoms with Crippen LogP contribution in [0.1, 0.15) is 57.9 Å². The van der Waals surface area contributed by atoms with Crippen molar-refractivity contribution in [1.82, 2.24) is 10.6 Å². The molecule has 1 saturated carbocycles. The molecule has 1 saturated heterocycles. The van der Waals surface area contributed by atoms with E-state index < -0.39 is 0 Å². The number of aliphatic hydroxyl groups excluding tert-OH is 1. The Morgan fingerprint density at radius 1 is 1.14 bits per heavy atom. The van der Waals surface area contributed by atoms with Gasteiger partial charge in [-0.05, 0) is 68.1 Å². The Balaban J connectivity index is 0.00000300. The molecule has 0 atom stereocenters. The van der Waals surface area contributed by atoms with E-state index in [0.717, 1.165) is 45.0 Å². The molecule has 29 heavy (non-hydrogen) atoms. The Morgan fingerprint density at radius 3 is 2.34 bits per heavy atom. The van der Waals surface area contributed by atoms with E-state index in [1.54, 1.807) is 0 Å². The number of hydrogen-bond acceptors (Lipinski definition) is 3. The number of halogens is 1. The lowest BCUT2D eigenvalue weighted by Gasteiger charge is -2.41. The number of benzene rings is 1. The second-order valence-electron chi connectivity index (χ2n) is 8.54. The molecule has 2 fully saturated rings. The van der Waals surface area contributed by atoms with Crippen LogP contribution in [0.5, 0.6) is 0 Å². The molecule has 1 aromatic carbocycles. The Bertz CT molecular complexity index is 617. The molecule has 1 heterocycles. The standard InChI is InChI=1S/C23H38N4O.HI/c1-3-23(12-5-13-23)18-26-22(24-4-2)25-16-19-6-8-21(9-7-19)27-14-10-20(17-28)11-15-27;/h6-9,20,28H,3-5,10-18H2,1-2H3,(H2,24,25,26);1H. The first-order valence-corrected chi connectivity index (χ1v) is 11.1. The summed E-state index contributed by atoms with van der Waals surface area (Å²) in [5.74, 6) is 1.41. The quantitative estimate of drug-likeness (QED) is 0.277. The van der Waals surface area contributed by atoms with E-state index in [1.165, 1.54) is 36.9 Å². The Morgan fingerprint density at radius 2 is 1.83 bits per heavy atom. The number of hydrogen-bond donors (Lipinski definition) is 3. The Labute approximate surface area is 193 Å². The van der Waals surface area contributed by atoms with Gasteiger partial charge in [0.05, 0.1) is 6.54 Å². The fourth-order valence-electron chi connectivity index (χ4n) is 4.30. The Hall–Kier alpha value is -1.02. The largest absolute Gasteiger partial charge is 0.396 e. The topological polar surface area (TPSA) is 59.9 Å². The molecule has 5 nitrogen and oxygen atoms in total. The van der Waals surface area contributed by atoms with Crippen molar-refractivity contribution in [2.24, 2.45) is 16.3 Å². The van der Waals surface area contributed by atoms with Gasteiger partial charge in [0.15, 0.2) is 5.96 Å². The van der Waals surface area contributed by atoms with Crippen LogP contribution in [0.3, 0.4) is 0 Å². The molecular weight excluding hydrogens is 475 g/mol. The molecule has 0 radical (unpaired) electrons. The molecule has 3 N–H and O–H groups in total. The summed E-state index contributed by atoms with van der Waals surface area (Å²) in [5.41, 5.74) is 3.01. The molecule has 0 unspecified atom stereocenters. The van der Waals surface area contributed by atoms with Gasteiger partial charge in [-0.3, -0.25) is 0 Å². The average molecular weight is 514 g/mol. The average Bonchev–Trinajstić information content (AvgIpc) is 2.72. The maximum atomic E-state index is 9.30. The SMILES string of the molecule is CCNC(=NCc1ccc(N2CCC(CO)CC2)cc1)NCC1(CC)CCC1.I. The summed E-state index contributed by atoms with van der Waals surface area (Å²) < 4.78 is 0. The predicted molar refractivity (Wildman–Crippen MR) is 133 cm³/mol. The number of anilines is 1. The molecule has 164 valence electrons. The summed E-state index contributed by atoms with van der Waals surface area (Å²) in [6.07, 6.45) is 7.46. The van der Waals surface area contributed by atoms with Gasteiger partial charge in [-0.2, -0.15) is 0 Å². The highest BCUT2D eigenvalue weighted by Crippen LogP contribution is 2.43. The number of nitrogens with zero attached hydrogens (tertiary/aromatic N) is 2. The number of piperidine rings is 1. The van der Waals surface area contributed by atoms with Crippen LogP contribution in [-0.2, 0) is 6.54 Å². The van der Waals surface area contributed by atoms with E-state index in [9.17, 15) is 5.11 Å². The lowest BCUT2D eigenvalue weighted by molar-refractivity contribution is 0.131. The van der Waals surface area contributed by atoms with Gasteiger partial charge >= 0.3 is 0 Å². The van der Waals surface area contributed by atoms with Crippen LogP contribution >= 0.6 is 24.0 Å². The van der Waals surface area contributed by atoms with Crippen LogP contribution in [-0.4, -0.2) is 43.9 Å².